The molecule has 4 aromatic rings. The van der Waals surface area contributed by atoms with Gasteiger partial charge in [-0.25, -0.2) is 4.98 Å². The fraction of sp³-hybridized carbons (Fsp3) is 0.182. The lowest BCUT2D eigenvalue weighted by atomic mass is 9.90. The molecule has 0 amide bonds. The van der Waals surface area contributed by atoms with Gasteiger partial charge in [-0.3, -0.25) is 9.36 Å². The summed E-state index contributed by atoms with van der Waals surface area (Å²) in [6.45, 7) is 0. The fourth-order valence-electron chi connectivity index (χ4n) is 3.70. The highest BCUT2D eigenvalue weighted by Crippen LogP contribution is 2.42. The fourth-order valence-corrected chi connectivity index (χ4v) is 6.22. The van der Waals surface area contributed by atoms with Crippen molar-refractivity contribution in [2.75, 3.05) is 0 Å². The molecule has 2 aromatic carbocycles. The van der Waals surface area contributed by atoms with Crippen molar-refractivity contribution in [3.63, 3.8) is 0 Å². The summed E-state index contributed by atoms with van der Waals surface area (Å²) in [4.78, 5) is 20.1. The molecule has 2 aromatic heterocycles. The number of aryl methyl sites for hydroxylation is 2. The topological polar surface area (TPSA) is 34.9 Å². The lowest BCUT2D eigenvalue weighted by Gasteiger charge is -2.15. The first-order chi connectivity index (χ1) is 13.6. The van der Waals surface area contributed by atoms with Gasteiger partial charge in [-0.15, -0.1) is 11.3 Å². The van der Waals surface area contributed by atoms with Gasteiger partial charge in [0.25, 0.3) is 5.56 Å². The number of thiophene rings is 1. The Hall–Kier alpha value is -1.89. The molecule has 3 nitrogen and oxygen atoms in total. The molecule has 0 saturated carbocycles. The molecule has 0 N–H and O–H groups in total. The highest BCUT2D eigenvalue weighted by atomic mass is 79.9. The van der Waals surface area contributed by atoms with E-state index in [1.54, 1.807) is 27.7 Å². The van der Waals surface area contributed by atoms with Crippen molar-refractivity contribution in [3.05, 3.63) is 80.0 Å². The lowest BCUT2D eigenvalue weighted by Crippen LogP contribution is -2.20. The average Bonchev–Trinajstić information content (AvgIpc) is 3.10. The first-order valence-electron chi connectivity index (χ1n) is 9.10. The molecular weight excluding hydrogens is 452 g/mol. The zero-order chi connectivity index (χ0) is 19.3. The van der Waals surface area contributed by atoms with Gasteiger partial charge in [-0.05, 0) is 47.2 Å². The lowest BCUT2D eigenvalue weighted by molar-refractivity contribution is 0.726. The number of thioether (sulfide) groups is 1. The molecule has 28 heavy (non-hydrogen) atoms. The Kier molecular flexibility index (Phi) is 4.65. The minimum atomic E-state index is 0.0696. The van der Waals surface area contributed by atoms with Crippen molar-refractivity contribution in [3.8, 4) is 10.4 Å². The number of fused-ring (bicyclic) bond motifs is 5. The Balaban J connectivity index is 1.57. The monoisotopic (exact) mass is 468 g/mol. The Morgan fingerprint density at radius 2 is 1.93 bits per heavy atom. The van der Waals surface area contributed by atoms with Crippen LogP contribution in [-0.4, -0.2) is 9.55 Å². The standard InChI is InChI=1S/C22H17BrN2OS2/c1-25-21(26)18-17-11-8-14-4-2-3-5-16(14)19(17)28-20(18)24-22(25)27-12-13-6-9-15(23)10-7-13/h2-7,9-10H,8,11-12H2,1H3. The van der Waals surface area contributed by atoms with E-state index < -0.39 is 0 Å². The first-order valence-corrected chi connectivity index (χ1v) is 11.7. The SMILES string of the molecule is Cn1c(SCc2ccc(Br)cc2)nc2sc3c(c2c1=O)CCc1ccccc1-3. The smallest absolute Gasteiger partial charge is 0.262 e. The maximum atomic E-state index is 13.2. The number of halogens is 1. The van der Waals surface area contributed by atoms with E-state index in [0.717, 1.165) is 38.4 Å². The van der Waals surface area contributed by atoms with E-state index in [1.807, 2.05) is 19.2 Å². The number of nitrogens with zero attached hydrogens (tertiary/aromatic N) is 2. The Bertz CT molecular complexity index is 1260. The maximum Gasteiger partial charge on any atom is 0.262 e. The van der Waals surface area contributed by atoms with Crippen LogP contribution in [0, 0.1) is 0 Å². The third kappa shape index (κ3) is 3.04. The van der Waals surface area contributed by atoms with E-state index in [4.69, 9.17) is 4.98 Å². The van der Waals surface area contributed by atoms with Crippen molar-refractivity contribution in [1.29, 1.82) is 0 Å². The number of hydrogen-bond acceptors (Lipinski definition) is 4. The van der Waals surface area contributed by atoms with Crippen molar-refractivity contribution >= 4 is 49.2 Å². The first kappa shape index (κ1) is 18.2. The van der Waals surface area contributed by atoms with Crippen LogP contribution >= 0.6 is 39.0 Å². The molecule has 0 unspecified atom stereocenters. The molecular formula is C22H17BrN2OS2. The van der Waals surface area contributed by atoms with Crippen LogP contribution in [0.3, 0.4) is 0 Å². The van der Waals surface area contributed by atoms with E-state index >= 15 is 0 Å². The van der Waals surface area contributed by atoms with Crippen LogP contribution < -0.4 is 5.56 Å². The average molecular weight is 469 g/mol. The van der Waals surface area contributed by atoms with E-state index in [0.29, 0.717) is 0 Å². The normalized spacial score (nSPS) is 12.8. The van der Waals surface area contributed by atoms with Crippen LogP contribution in [0.25, 0.3) is 20.7 Å². The van der Waals surface area contributed by atoms with Gasteiger partial charge in [-0.2, -0.15) is 0 Å². The molecule has 2 heterocycles. The zero-order valence-corrected chi connectivity index (χ0v) is 18.5. The van der Waals surface area contributed by atoms with Crippen LogP contribution in [0.2, 0.25) is 0 Å². The summed E-state index contributed by atoms with van der Waals surface area (Å²) >= 11 is 6.73. The van der Waals surface area contributed by atoms with Gasteiger partial charge in [0.1, 0.15) is 4.83 Å². The van der Waals surface area contributed by atoms with Crippen LogP contribution in [0.5, 0.6) is 0 Å². The summed E-state index contributed by atoms with van der Waals surface area (Å²) in [6, 6.07) is 16.8. The van der Waals surface area contributed by atoms with Gasteiger partial charge in [0.2, 0.25) is 0 Å². The second-order valence-corrected chi connectivity index (χ2v) is 9.78. The highest BCUT2D eigenvalue weighted by molar-refractivity contribution is 9.10. The van der Waals surface area contributed by atoms with Crippen LogP contribution in [0.1, 0.15) is 16.7 Å². The van der Waals surface area contributed by atoms with Gasteiger partial charge < -0.3 is 0 Å². The molecule has 0 saturated heterocycles. The van der Waals surface area contributed by atoms with Crippen molar-refractivity contribution < 1.29 is 0 Å². The van der Waals surface area contributed by atoms with Crippen molar-refractivity contribution in [2.24, 2.45) is 7.05 Å². The highest BCUT2D eigenvalue weighted by Gasteiger charge is 2.24. The maximum absolute atomic E-state index is 13.2. The second-order valence-electron chi connectivity index (χ2n) is 6.92. The largest absolute Gasteiger partial charge is 0.290 e. The minimum absolute atomic E-state index is 0.0696. The van der Waals surface area contributed by atoms with Gasteiger partial charge in [0.15, 0.2) is 5.16 Å². The molecule has 0 spiro atoms. The minimum Gasteiger partial charge on any atom is -0.290 e. The Morgan fingerprint density at radius 1 is 1.14 bits per heavy atom. The van der Waals surface area contributed by atoms with Crippen LogP contribution in [0.15, 0.2) is 63.0 Å². The van der Waals surface area contributed by atoms with E-state index in [-0.39, 0.29) is 5.56 Å². The summed E-state index contributed by atoms with van der Waals surface area (Å²) in [6.07, 6.45) is 1.90. The zero-order valence-electron chi connectivity index (χ0n) is 15.2. The molecule has 140 valence electrons. The van der Waals surface area contributed by atoms with Gasteiger partial charge in [-0.1, -0.05) is 64.1 Å². The van der Waals surface area contributed by atoms with E-state index in [9.17, 15) is 4.79 Å². The second kappa shape index (κ2) is 7.17. The summed E-state index contributed by atoms with van der Waals surface area (Å²) in [7, 11) is 1.83. The van der Waals surface area contributed by atoms with Crippen molar-refractivity contribution in [1.82, 2.24) is 9.55 Å². The molecule has 1 aliphatic rings. The molecule has 1 aliphatic carbocycles. The summed E-state index contributed by atoms with van der Waals surface area (Å²) in [5.41, 5.74) is 5.08. The number of hydrogen-bond donors (Lipinski definition) is 0. The third-order valence-electron chi connectivity index (χ3n) is 5.18. The number of rotatable bonds is 3. The van der Waals surface area contributed by atoms with Crippen molar-refractivity contribution in [2.45, 2.75) is 23.8 Å². The summed E-state index contributed by atoms with van der Waals surface area (Å²) < 4.78 is 2.77. The molecule has 0 fully saturated rings. The Morgan fingerprint density at radius 3 is 2.75 bits per heavy atom. The predicted octanol–water partition coefficient (Wildman–Crippen LogP) is 5.82. The molecule has 0 radical (unpaired) electrons. The molecule has 0 aliphatic heterocycles. The summed E-state index contributed by atoms with van der Waals surface area (Å²) in [5, 5.41) is 1.58. The Labute approximate surface area is 179 Å². The predicted molar refractivity (Wildman–Crippen MR) is 121 cm³/mol. The van der Waals surface area contributed by atoms with E-state index in [1.165, 1.54) is 27.1 Å². The quantitative estimate of drug-likeness (QED) is 0.280. The molecule has 0 atom stereocenters. The molecule has 6 heteroatoms. The van der Waals surface area contributed by atoms with Gasteiger partial charge in [0.05, 0.1) is 5.39 Å². The van der Waals surface area contributed by atoms with Gasteiger partial charge in [0, 0.05) is 22.2 Å². The molecule has 5 rings (SSSR count). The number of benzene rings is 2. The van der Waals surface area contributed by atoms with Crippen LogP contribution in [-0.2, 0) is 25.6 Å². The number of aromatic nitrogens is 2. The van der Waals surface area contributed by atoms with Crippen LogP contribution in [0.4, 0.5) is 0 Å². The van der Waals surface area contributed by atoms with E-state index in [2.05, 4.69) is 52.3 Å². The van der Waals surface area contributed by atoms with Gasteiger partial charge >= 0.3 is 0 Å². The molecule has 0 bridgehead atoms. The third-order valence-corrected chi connectivity index (χ3v) is 7.97. The summed E-state index contributed by atoms with van der Waals surface area (Å²) in [5.74, 6) is 0.785.